The van der Waals surface area contributed by atoms with E-state index in [0.717, 1.165) is 17.8 Å². The highest BCUT2D eigenvalue weighted by Gasteiger charge is 2.42. The van der Waals surface area contributed by atoms with Crippen LogP contribution in [0.25, 0.3) is 0 Å². The zero-order chi connectivity index (χ0) is 23.6. The van der Waals surface area contributed by atoms with Gasteiger partial charge < -0.3 is 15.0 Å². The first kappa shape index (κ1) is 23.1. The summed E-state index contributed by atoms with van der Waals surface area (Å²) >= 11 is 0. The van der Waals surface area contributed by atoms with Crippen LogP contribution in [-0.2, 0) is 26.9 Å². The number of carbonyl (C=O) groups is 2. The molecule has 0 radical (unpaired) electrons. The third-order valence-corrected chi connectivity index (χ3v) is 6.28. The monoisotopic (exact) mass is 461 g/mol. The van der Waals surface area contributed by atoms with Gasteiger partial charge in [-0.15, -0.1) is 0 Å². The standard InChI is InChI=1S/C24H26F3N3O3/c1-33-22(32)12-23(29-21(31)10-16-2-4-17(5-3-16)18-6-7-18)8-9-30(15-23)20-11-19(13-28-14-20)24(25,26)27/h2-5,11,13-14,18H,6-10,12,15H2,1H3,(H,29,31)/t23-/m1/s1. The van der Waals surface area contributed by atoms with Gasteiger partial charge in [0.1, 0.15) is 0 Å². The molecule has 0 bridgehead atoms. The van der Waals surface area contributed by atoms with E-state index in [0.29, 0.717) is 24.6 Å². The summed E-state index contributed by atoms with van der Waals surface area (Å²) in [5, 5.41) is 2.98. The number of anilines is 1. The van der Waals surface area contributed by atoms with Crippen LogP contribution >= 0.6 is 0 Å². The Labute approximate surface area is 190 Å². The van der Waals surface area contributed by atoms with Crippen LogP contribution in [0.1, 0.15) is 48.3 Å². The maximum absolute atomic E-state index is 13.1. The van der Waals surface area contributed by atoms with Gasteiger partial charge >= 0.3 is 12.1 Å². The molecule has 33 heavy (non-hydrogen) atoms. The second-order valence-corrected chi connectivity index (χ2v) is 8.88. The molecule has 4 rings (SSSR count). The fraction of sp³-hybridized carbons (Fsp3) is 0.458. The number of pyridine rings is 1. The van der Waals surface area contributed by atoms with Gasteiger partial charge in [0, 0.05) is 19.3 Å². The number of ether oxygens (including phenoxy) is 1. The quantitative estimate of drug-likeness (QED) is 0.635. The topological polar surface area (TPSA) is 71.5 Å². The van der Waals surface area contributed by atoms with Crippen molar-refractivity contribution in [1.29, 1.82) is 0 Å². The van der Waals surface area contributed by atoms with E-state index < -0.39 is 23.2 Å². The number of hydrogen-bond acceptors (Lipinski definition) is 5. The Morgan fingerprint density at radius 2 is 1.94 bits per heavy atom. The van der Waals surface area contributed by atoms with E-state index in [9.17, 15) is 22.8 Å². The number of halogens is 3. The third-order valence-electron chi connectivity index (χ3n) is 6.28. The minimum atomic E-state index is -4.50. The van der Waals surface area contributed by atoms with Crippen molar-refractivity contribution in [2.24, 2.45) is 0 Å². The molecule has 1 aliphatic carbocycles. The van der Waals surface area contributed by atoms with Crippen LogP contribution in [0.15, 0.2) is 42.7 Å². The van der Waals surface area contributed by atoms with Crippen molar-refractivity contribution < 1.29 is 27.5 Å². The van der Waals surface area contributed by atoms with Crippen LogP contribution in [-0.4, -0.2) is 42.6 Å². The Hall–Kier alpha value is -3.10. The van der Waals surface area contributed by atoms with Crippen molar-refractivity contribution in [2.45, 2.75) is 49.7 Å². The summed E-state index contributed by atoms with van der Waals surface area (Å²) in [7, 11) is 1.27. The van der Waals surface area contributed by atoms with Crippen molar-refractivity contribution in [1.82, 2.24) is 10.3 Å². The lowest BCUT2D eigenvalue weighted by molar-refractivity contribution is -0.142. The molecular formula is C24H26F3N3O3. The molecule has 2 aliphatic rings. The minimum absolute atomic E-state index is 0.0707. The average molecular weight is 461 g/mol. The summed E-state index contributed by atoms with van der Waals surface area (Å²) in [4.78, 5) is 30.4. The van der Waals surface area contributed by atoms with Gasteiger partial charge in [0.25, 0.3) is 0 Å². The summed E-state index contributed by atoms with van der Waals surface area (Å²) < 4.78 is 44.1. The maximum atomic E-state index is 13.1. The molecule has 2 aromatic rings. The van der Waals surface area contributed by atoms with Gasteiger partial charge in [0.2, 0.25) is 5.91 Å². The summed E-state index contributed by atoms with van der Waals surface area (Å²) in [6, 6.07) is 9.00. The number of amides is 1. The maximum Gasteiger partial charge on any atom is 0.417 e. The molecule has 1 saturated carbocycles. The number of nitrogens with one attached hydrogen (secondary N) is 1. The molecule has 2 fully saturated rings. The number of alkyl halides is 3. The molecular weight excluding hydrogens is 435 g/mol. The Kier molecular flexibility index (Phi) is 6.32. The van der Waals surface area contributed by atoms with Crippen molar-refractivity contribution in [2.75, 3.05) is 25.1 Å². The predicted octanol–water partition coefficient (Wildman–Crippen LogP) is 3.85. The predicted molar refractivity (Wildman–Crippen MR) is 116 cm³/mol. The fourth-order valence-corrected chi connectivity index (χ4v) is 4.34. The molecule has 176 valence electrons. The lowest BCUT2D eigenvalue weighted by Gasteiger charge is -2.30. The van der Waals surface area contributed by atoms with E-state index >= 15 is 0 Å². The van der Waals surface area contributed by atoms with E-state index in [1.165, 1.54) is 31.7 Å². The Bertz CT molecular complexity index is 1020. The van der Waals surface area contributed by atoms with Crippen LogP contribution in [0.5, 0.6) is 0 Å². The number of rotatable bonds is 7. The minimum Gasteiger partial charge on any atom is -0.469 e. The normalized spacial score (nSPS) is 20.5. The van der Waals surface area contributed by atoms with Crippen molar-refractivity contribution in [3.63, 3.8) is 0 Å². The largest absolute Gasteiger partial charge is 0.469 e. The molecule has 1 N–H and O–H groups in total. The fourth-order valence-electron chi connectivity index (χ4n) is 4.34. The first-order valence-electron chi connectivity index (χ1n) is 10.9. The Morgan fingerprint density at radius 1 is 1.21 bits per heavy atom. The zero-order valence-corrected chi connectivity index (χ0v) is 18.3. The number of benzene rings is 1. The molecule has 1 saturated heterocycles. The number of methoxy groups -OCH3 is 1. The molecule has 9 heteroatoms. The van der Waals surface area contributed by atoms with Gasteiger partial charge in [-0.3, -0.25) is 14.6 Å². The van der Waals surface area contributed by atoms with Crippen LogP contribution in [0.2, 0.25) is 0 Å². The number of carbonyl (C=O) groups excluding carboxylic acids is 2. The van der Waals surface area contributed by atoms with Gasteiger partial charge in [-0.2, -0.15) is 13.2 Å². The van der Waals surface area contributed by atoms with Crippen molar-refractivity contribution >= 4 is 17.6 Å². The summed E-state index contributed by atoms with van der Waals surface area (Å²) in [6.45, 7) is 0.549. The van der Waals surface area contributed by atoms with Crippen LogP contribution < -0.4 is 10.2 Å². The van der Waals surface area contributed by atoms with Gasteiger partial charge in [0.05, 0.1) is 42.9 Å². The number of hydrogen-bond donors (Lipinski definition) is 1. The molecule has 1 aliphatic heterocycles. The smallest absolute Gasteiger partial charge is 0.417 e. The van der Waals surface area contributed by atoms with E-state index in [-0.39, 0.29) is 25.3 Å². The van der Waals surface area contributed by atoms with E-state index in [4.69, 9.17) is 4.74 Å². The molecule has 1 atom stereocenters. The second kappa shape index (κ2) is 9.03. The average Bonchev–Trinajstić information content (AvgIpc) is 3.55. The van der Waals surface area contributed by atoms with Gasteiger partial charge in [-0.05, 0) is 42.4 Å². The summed E-state index contributed by atoms with van der Waals surface area (Å²) in [5.41, 5.74) is 0.655. The molecule has 1 amide bonds. The van der Waals surface area contributed by atoms with Gasteiger partial charge in [-0.1, -0.05) is 24.3 Å². The molecule has 0 unspecified atom stereocenters. The van der Waals surface area contributed by atoms with Gasteiger partial charge in [0.15, 0.2) is 0 Å². The van der Waals surface area contributed by atoms with Crippen LogP contribution in [0.4, 0.5) is 18.9 Å². The second-order valence-electron chi connectivity index (χ2n) is 8.88. The molecule has 1 aromatic heterocycles. The highest BCUT2D eigenvalue weighted by Crippen LogP contribution is 2.40. The SMILES string of the molecule is COC(=O)C[C@]1(NC(=O)Cc2ccc(C3CC3)cc2)CCN(c2cncc(C(F)(F)F)c2)C1. The van der Waals surface area contributed by atoms with Crippen LogP contribution in [0.3, 0.4) is 0 Å². The highest BCUT2D eigenvalue weighted by atomic mass is 19.4. The number of nitrogens with zero attached hydrogens (tertiary/aromatic N) is 2. The first-order valence-corrected chi connectivity index (χ1v) is 10.9. The van der Waals surface area contributed by atoms with Crippen molar-refractivity contribution in [3.8, 4) is 0 Å². The molecule has 1 aromatic carbocycles. The van der Waals surface area contributed by atoms with Gasteiger partial charge in [-0.25, -0.2) is 0 Å². The Morgan fingerprint density at radius 3 is 2.58 bits per heavy atom. The van der Waals surface area contributed by atoms with E-state index in [1.807, 2.05) is 24.3 Å². The molecule has 2 heterocycles. The zero-order valence-electron chi connectivity index (χ0n) is 18.3. The molecule has 0 spiro atoms. The Balaban J connectivity index is 1.47. The van der Waals surface area contributed by atoms with E-state index in [2.05, 4.69) is 10.3 Å². The highest BCUT2D eigenvalue weighted by molar-refractivity contribution is 5.81. The number of esters is 1. The van der Waals surface area contributed by atoms with Crippen molar-refractivity contribution in [3.05, 3.63) is 59.4 Å². The molecule has 6 nitrogen and oxygen atoms in total. The third kappa shape index (κ3) is 5.64. The lowest BCUT2D eigenvalue weighted by Crippen LogP contribution is -2.52. The first-order chi connectivity index (χ1) is 15.7. The number of aromatic nitrogens is 1. The lowest BCUT2D eigenvalue weighted by atomic mass is 9.93. The summed E-state index contributed by atoms with van der Waals surface area (Å²) in [6.07, 6.45) is 0.503. The summed E-state index contributed by atoms with van der Waals surface area (Å²) in [5.74, 6) is -0.110. The van der Waals surface area contributed by atoms with E-state index in [1.54, 1.807) is 4.90 Å². The van der Waals surface area contributed by atoms with Crippen LogP contribution in [0, 0.1) is 0 Å².